The summed E-state index contributed by atoms with van der Waals surface area (Å²) in [5.41, 5.74) is 1.89. The van der Waals surface area contributed by atoms with Crippen LogP contribution in [0.5, 0.6) is 0 Å². The van der Waals surface area contributed by atoms with Gasteiger partial charge in [0, 0.05) is 0 Å². The Hall–Kier alpha value is -0.455. The van der Waals surface area contributed by atoms with E-state index < -0.39 is 0 Å². The maximum atomic E-state index is 2.33. The molecule has 0 aromatic rings. The molecule has 0 aromatic heterocycles. The lowest BCUT2D eigenvalue weighted by Gasteiger charge is -2.18. The van der Waals surface area contributed by atoms with E-state index in [0.29, 0.717) is 5.41 Å². The molecule has 0 heterocycles. The van der Waals surface area contributed by atoms with Crippen molar-refractivity contribution in [1.82, 2.24) is 0 Å². The highest BCUT2D eigenvalue weighted by Crippen LogP contribution is 2.24. The van der Waals surface area contributed by atoms with Crippen molar-refractivity contribution < 1.29 is 0 Å². The molecule has 0 aliphatic rings. The minimum absolute atomic E-state index is 0.402. The Bertz CT molecular complexity index is 182. The first kappa shape index (κ1) is 12.5. The SMILES string of the molecule is BC/C=C\C(=C/CC)CC(C)(C)C. The van der Waals surface area contributed by atoms with Crippen LogP contribution >= 0.6 is 0 Å². The quantitative estimate of drug-likeness (QED) is 0.457. The highest BCUT2D eigenvalue weighted by molar-refractivity contribution is 6.09. The van der Waals surface area contributed by atoms with Gasteiger partial charge in [-0.2, -0.15) is 0 Å². The fourth-order valence-corrected chi connectivity index (χ4v) is 1.34. The van der Waals surface area contributed by atoms with Gasteiger partial charge in [0.25, 0.3) is 0 Å². The Balaban J connectivity index is 4.28. The average Bonchev–Trinajstić information content (AvgIpc) is 1.98. The highest BCUT2D eigenvalue weighted by atomic mass is 14.2. The van der Waals surface area contributed by atoms with E-state index in [1.54, 1.807) is 0 Å². The zero-order chi connectivity index (χ0) is 10.3. The predicted molar refractivity (Wildman–Crippen MR) is 64.9 cm³/mol. The van der Waals surface area contributed by atoms with Gasteiger partial charge in [0.15, 0.2) is 0 Å². The molecule has 0 nitrogen and oxygen atoms in total. The summed E-state index contributed by atoms with van der Waals surface area (Å²) in [5.74, 6) is 0. The second-order valence-electron chi connectivity index (χ2n) is 4.74. The van der Waals surface area contributed by atoms with E-state index in [0.717, 1.165) is 12.7 Å². The molecular formula is C12H23B. The van der Waals surface area contributed by atoms with Crippen LogP contribution in [0.15, 0.2) is 23.8 Å². The third-order valence-electron chi connectivity index (χ3n) is 1.77. The molecule has 0 amide bonds. The first-order valence-electron chi connectivity index (χ1n) is 5.35. The van der Waals surface area contributed by atoms with Crippen molar-refractivity contribution in [2.45, 2.75) is 46.9 Å². The molecular weight excluding hydrogens is 155 g/mol. The van der Waals surface area contributed by atoms with E-state index in [1.165, 1.54) is 12.0 Å². The van der Waals surface area contributed by atoms with Gasteiger partial charge in [0.1, 0.15) is 7.85 Å². The second-order valence-corrected chi connectivity index (χ2v) is 4.74. The molecule has 13 heavy (non-hydrogen) atoms. The molecule has 0 bridgehead atoms. The van der Waals surface area contributed by atoms with Crippen molar-refractivity contribution in [2.75, 3.05) is 0 Å². The zero-order valence-corrected chi connectivity index (χ0v) is 9.85. The van der Waals surface area contributed by atoms with Gasteiger partial charge >= 0.3 is 0 Å². The largest absolute Gasteiger partial charge is 0.106 e. The number of allylic oxidation sites excluding steroid dienone is 4. The summed E-state index contributed by atoms with van der Waals surface area (Å²) in [6.07, 6.45) is 10.3. The summed E-state index contributed by atoms with van der Waals surface area (Å²) >= 11 is 0. The molecule has 0 rings (SSSR count). The van der Waals surface area contributed by atoms with Gasteiger partial charge in [0.05, 0.1) is 0 Å². The molecule has 0 aliphatic heterocycles. The monoisotopic (exact) mass is 178 g/mol. The number of rotatable bonds is 4. The van der Waals surface area contributed by atoms with Crippen molar-refractivity contribution in [3.8, 4) is 0 Å². The van der Waals surface area contributed by atoms with Crippen molar-refractivity contribution in [3.05, 3.63) is 23.8 Å². The van der Waals surface area contributed by atoms with Crippen molar-refractivity contribution in [3.63, 3.8) is 0 Å². The molecule has 0 atom stereocenters. The minimum atomic E-state index is 0.402. The molecule has 0 N–H and O–H groups in total. The molecule has 0 unspecified atom stereocenters. The molecule has 74 valence electrons. The Labute approximate surface area is 84.5 Å². The predicted octanol–water partition coefficient (Wildman–Crippen LogP) is 3.37. The van der Waals surface area contributed by atoms with E-state index in [2.05, 4.69) is 53.8 Å². The maximum Gasteiger partial charge on any atom is 0.106 e. The van der Waals surface area contributed by atoms with Crippen LogP contribution in [0.4, 0.5) is 0 Å². The normalized spacial score (nSPS) is 14.0. The van der Waals surface area contributed by atoms with Gasteiger partial charge in [-0.25, -0.2) is 0 Å². The molecule has 0 fully saturated rings. The second kappa shape index (κ2) is 6.07. The van der Waals surface area contributed by atoms with E-state index in [-0.39, 0.29) is 0 Å². The van der Waals surface area contributed by atoms with Crippen molar-refractivity contribution in [1.29, 1.82) is 0 Å². The van der Waals surface area contributed by atoms with Crippen LogP contribution in [0.2, 0.25) is 6.32 Å². The standard InChI is InChI=1S/C12H23B/c1-5-7-11(8-6-9-13)10-12(2,3)4/h6-8H,5,9-10,13H2,1-4H3/b8-6-,11-7+. The lowest BCUT2D eigenvalue weighted by Crippen LogP contribution is -2.05. The number of hydrogen-bond donors (Lipinski definition) is 0. The zero-order valence-electron chi connectivity index (χ0n) is 9.85. The van der Waals surface area contributed by atoms with Gasteiger partial charge in [-0.05, 0) is 18.3 Å². The van der Waals surface area contributed by atoms with Gasteiger partial charge in [-0.3, -0.25) is 0 Å². The van der Waals surface area contributed by atoms with Crippen LogP contribution in [-0.4, -0.2) is 7.85 Å². The molecule has 0 aromatic carbocycles. The third kappa shape index (κ3) is 7.89. The van der Waals surface area contributed by atoms with Crippen LogP contribution in [-0.2, 0) is 0 Å². The topological polar surface area (TPSA) is 0 Å². The van der Waals surface area contributed by atoms with E-state index >= 15 is 0 Å². The molecule has 0 spiro atoms. The number of hydrogen-bond acceptors (Lipinski definition) is 0. The van der Waals surface area contributed by atoms with E-state index in [4.69, 9.17) is 0 Å². The highest BCUT2D eigenvalue weighted by Gasteiger charge is 2.10. The Kier molecular flexibility index (Phi) is 5.86. The molecule has 0 saturated carbocycles. The van der Waals surface area contributed by atoms with Gasteiger partial charge in [0.2, 0.25) is 0 Å². The third-order valence-corrected chi connectivity index (χ3v) is 1.77. The fraction of sp³-hybridized carbons (Fsp3) is 0.667. The lowest BCUT2D eigenvalue weighted by atomic mass is 9.87. The summed E-state index contributed by atoms with van der Waals surface area (Å²) in [5, 5.41) is 0. The maximum absolute atomic E-state index is 2.33. The Morgan fingerprint density at radius 2 is 1.92 bits per heavy atom. The Morgan fingerprint density at radius 1 is 1.31 bits per heavy atom. The van der Waals surface area contributed by atoms with E-state index in [9.17, 15) is 0 Å². The molecule has 1 heteroatoms. The molecule has 0 saturated heterocycles. The minimum Gasteiger partial charge on any atom is -0.0922 e. The van der Waals surface area contributed by atoms with Crippen LogP contribution in [0.1, 0.15) is 40.5 Å². The summed E-state index contributed by atoms with van der Waals surface area (Å²) in [6, 6.07) is 0. The van der Waals surface area contributed by atoms with Crippen LogP contribution in [0.25, 0.3) is 0 Å². The van der Waals surface area contributed by atoms with Crippen LogP contribution in [0.3, 0.4) is 0 Å². The van der Waals surface area contributed by atoms with Gasteiger partial charge < -0.3 is 0 Å². The van der Waals surface area contributed by atoms with Gasteiger partial charge in [-0.15, -0.1) is 0 Å². The Morgan fingerprint density at radius 3 is 2.31 bits per heavy atom. The van der Waals surface area contributed by atoms with Crippen molar-refractivity contribution in [2.24, 2.45) is 5.41 Å². The molecule has 0 radical (unpaired) electrons. The van der Waals surface area contributed by atoms with Crippen LogP contribution < -0.4 is 0 Å². The van der Waals surface area contributed by atoms with Crippen molar-refractivity contribution >= 4 is 7.85 Å². The summed E-state index contributed by atoms with van der Waals surface area (Å²) in [4.78, 5) is 0. The summed E-state index contributed by atoms with van der Waals surface area (Å²) in [7, 11) is 2.18. The summed E-state index contributed by atoms with van der Waals surface area (Å²) in [6.45, 7) is 9.06. The average molecular weight is 178 g/mol. The fourth-order valence-electron chi connectivity index (χ4n) is 1.34. The lowest BCUT2D eigenvalue weighted by molar-refractivity contribution is 0.413. The first-order valence-corrected chi connectivity index (χ1v) is 5.35. The van der Waals surface area contributed by atoms with E-state index in [1.807, 2.05) is 0 Å². The molecule has 0 aliphatic carbocycles. The first-order chi connectivity index (χ1) is 5.99. The van der Waals surface area contributed by atoms with Crippen LogP contribution in [0, 0.1) is 5.41 Å². The smallest absolute Gasteiger partial charge is 0.0922 e. The summed E-state index contributed by atoms with van der Waals surface area (Å²) < 4.78 is 0. The van der Waals surface area contributed by atoms with Gasteiger partial charge in [-0.1, -0.05) is 57.8 Å².